The fourth-order valence-electron chi connectivity index (χ4n) is 5.28. The average Bonchev–Trinajstić information content (AvgIpc) is 3.07. The summed E-state index contributed by atoms with van der Waals surface area (Å²) in [4.78, 5) is 26.8. The van der Waals surface area contributed by atoms with Crippen LogP contribution < -0.4 is 16.6 Å². The molecule has 0 saturated carbocycles. The van der Waals surface area contributed by atoms with Gasteiger partial charge in [-0.1, -0.05) is 55.4 Å². The summed E-state index contributed by atoms with van der Waals surface area (Å²) in [6, 6.07) is 1.36. The third kappa shape index (κ3) is 4.67. The molecule has 0 aromatic carbocycles. The Kier molecular flexibility index (Phi) is 7.81. The molecule has 1 aromatic heterocycles. The molecule has 11 heteroatoms. The smallest absolute Gasteiger partial charge is 0.335 e. The number of fused-ring (bicyclic) bond motifs is 1. The van der Waals surface area contributed by atoms with Crippen LogP contribution in [0.3, 0.4) is 0 Å². The van der Waals surface area contributed by atoms with Gasteiger partial charge >= 0.3 is 22.8 Å². The van der Waals surface area contributed by atoms with Gasteiger partial charge in [-0.15, -0.1) is 0 Å². The molecule has 0 unspecified atom stereocenters. The van der Waals surface area contributed by atoms with Crippen LogP contribution in [-0.2, 0) is 17.7 Å². The molecule has 2 aliphatic rings. The number of hydrogen-bond acceptors (Lipinski definition) is 7. The van der Waals surface area contributed by atoms with Gasteiger partial charge in [-0.05, 0) is 22.2 Å². The maximum atomic E-state index is 12.7. The van der Waals surface area contributed by atoms with Crippen LogP contribution >= 0.6 is 0 Å². The van der Waals surface area contributed by atoms with Gasteiger partial charge in [-0.2, -0.15) is 0 Å². The molecule has 2 saturated heterocycles. The lowest BCUT2D eigenvalue weighted by molar-refractivity contribution is -0.0560. The zero-order valence-corrected chi connectivity index (χ0v) is 23.4. The number of ether oxygens (including phenoxy) is 1. The van der Waals surface area contributed by atoms with Crippen LogP contribution in [-0.4, -0.2) is 52.5 Å². The fraction of sp³-hybridized carbons (Fsp3) is 0.818. The van der Waals surface area contributed by atoms with Crippen molar-refractivity contribution in [2.45, 2.75) is 102 Å². The van der Waals surface area contributed by atoms with Crippen LogP contribution in [0.1, 0.15) is 68.0 Å². The molecule has 3 heterocycles. The van der Waals surface area contributed by atoms with Gasteiger partial charge in [0, 0.05) is 19.5 Å². The zero-order chi connectivity index (χ0) is 24.7. The second kappa shape index (κ2) is 9.78. The predicted molar refractivity (Wildman–Crippen MR) is 133 cm³/mol. The molecule has 1 aromatic rings. The number of aromatic amines is 1. The predicted octanol–water partition coefficient (Wildman–Crippen LogP) is 3.82. The Bertz CT molecular complexity index is 929. The quantitative estimate of drug-likeness (QED) is 0.573. The maximum Gasteiger partial charge on any atom is 0.335 e. The van der Waals surface area contributed by atoms with Gasteiger partial charge < -0.3 is 23.0 Å². The van der Waals surface area contributed by atoms with Crippen LogP contribution in [0.2, 0.25) is 22.2 Å². The highest BCUT2D eigenvalue weighted by atomic mass is 28.5. The first-order chi connectivity index (χ1) is 15.4. The van der Waals surface area contributed by atoms with Crippen molar-refractivity contribution in [1.29, 1.82) is 0 Å². The molecular formula is C22H41N3O6Si2. The van der Waals surface area contributed by atoms with E-state index in [-0.39, 0.29) is 34.4 Å². The number of hydrogen-bond donors (Lipinski definition) is 2. The van der Waals surface area contributed by atoms with Gasteiger partial charge in [0.2, 0.25) is 0 Å². The van der Waals surface area contributed by atoms with E-state index >= 15 is 0 Å². The summed E-state index contributed by atoms with van der Waals surface area (Å²) < 4.78 is 28.8. The molecule has 0 radical (unpaired) electrons. The summed E-state index contributed by atoms with van der Waals surface area (Å²) in [5.74, 6) is 0.407. The SMILES string of the molecule is CNc1cc(=O)[nH]c(=O)n1[C@H]1C[C@@H]2O[Si](C(C)C)(C(C)C)O[Si](C(C)C)(C(C)C)OC[C@H]2O1. The van der Waals surface area contributed by atoms with E-state index in [9.17, 15) is 9.59 Å². The zero-order valence-electron chi connectivity index (χ0n) is 21.4. The lowest BCUT2D eigenvalue weighted by Crippen LogP contribution is -2.65. The molecule has 0 aliphatic carbocycles. The van der Waals surface area contributed by atoms with Crippen molar-refractivity contribution >= 4 is 22.9 Å². The van der Waals surface area contributed by atoms with Gasteiger partial charge in [0.15, 0.2) is 0 Å². The Labute approximate surface area is 198 Å². The first-order valence-corrected chi connectivity index (χ1v) is 16.0. The number of aromatic nitrogens is 2. The van der Waals surface area contributed by atoms with E-state index in [1.165, 1.54) is 10.6 Å². The van der Waals surface area contributed by atoms with E-state index in [0.29, 0.717) is 18.8 Å². The third-order valence-corrected chi connectivity index (χ3v) is 17.3. The minimum Gasteiger partial charge on any atom is -0.414 e. The molecule has 33 heavy (non-hydrogen) atoms. The number of nitrogens with one attached hydrogen (secondary N) is 2. The van der Waals surface area contributed by atoms with E-state index in [1.54, 1.807) is 7.05 Å². The van der Waals surface area contributed by atoms with Gasteiger partial charge in [-0.25, -0.2) is 4.79 Å². The normalized spacial score (nSPS) is 27.1. The van der Waals surface area contributed by atoms with Crippen molar-refractivity contribution in [2.75, 3.05) is 19.0 Å². The minimum absolute atomic E-state index is 0.215. The molecule has 2 fully saturated rings. The topological polar surface area (TPSA) is 104 Å². The molecular weight excluding hydrogens is 458 g/mol. The highest BCUT2D eigenvalue weighted by Gasteiger charge is 2.60. The Morgan fingerprint density at radius 2 is 1.55 bits per heavy atom. The largest absolute Gasteiger partial charge is 0.414 e. The third-order valence-electron chi connectivity index (χ3n) is 7.05. The molecule has 9 nitrogen and oxygen atoms in total. The van der Waals surface area contributed by atoms with E-state index in [1.807, 2.05) is 0 Å². The van der Waals surface area contributed by atoms with Crippen LogP contribution in [0.5, 0.6) is 0 Å². The Balaban J connectivity index is 2.06. The van der Waals surface area contributed by atoms with Crippen molar-refractivity contribution < 1.29 is 17.7 Å². The standard InChI is InChI=1S/C22H41N3O6Si2/c1-13(2)32(14(3)4)28-12-18-17(30-33(31-32,15(5)6)16(7)8)10-21(29-18)25-19(23-9)11-20(26)24-22(25)27/h11,13-18,21,23H,10,12H2,1-9H3,(H,24,26,27)/t17-,18+,21+/m0/s1. The van der Waals surface area contributed by atoms with E-state index in [0.717, 1.165) is 0 Å². The molecule has 2 aliphatic heterocycles. The molecule has 0 bridgehead atoms. The summed E-state index contributed by atoms with van der Waals surface area (Å²) in [7, 11) is -3.72. The average molecular weight is 500 g/mol. The maximum absolute atomic E-state index is 12.7. The number of anilines is 1. The molecule has 2 N–H and O–H groups in total. The van der Waals surface area contributed by atoms with Gasteiger partial charge in [0.25, 0.3) is 5.56 Å². The van der Waals surface area contributed by atoms with E-state index in [4.69, 9.17) is 17.7 Å². The molecule has 3 rings (SSSR count). The van der Waals surface area contributed by atoms with Crippen LogP contribution in [0.15, 0.2) is 15.7 Å². The Hall–Kier alpha value is -1.25. The van der Waals surface area contributed by atoms with Crippen molar-refractivity contribution in [2.24, 2.45) is 0 Å². The molecule has 3 atom stereocenters. The van der Waals surface area contributed by atoms with Crippen molar-refractivity contribution in [1.82, 2.24) is 9.55 Å². The van der Waals surface area contributed by atoms with Gasteiger partial charge in [-0.3, -0.25) is 14.3 Å². The molecule has 0 amide bonds. The summed E-state index contributed by atoms with van der Waals surface area (Å²) in [5, 5.41) is 2.94. The Morgan fingerprint density at radius 1 is 0.970 bits per heavy atom. The van der Waals surface area contributed by atoms with Gasteiger partial charge in [0.05, 0.1) is 12.7 Å². The van der Waals surface area contributed by atoms with Crippen LogP contribution in [0.25, 0.3) is 0 Å². The van der Waals surface area contributed by atoms with E-state index < -0.39 is 34.6 Å². The summed E-state index contributed by atoms with van der Waals surface area (Å²) >= 11 is 0. The lowest BCUT2D eigenvalue weighted by atomic mass is 10.2. The second-order valence-electron chi connectivity index (χ2n) is 10.4. The summed E-state index contributed by atoms with van der Waals surface area (Å²) in [6.45, 7) is 17.8. The number of H-pyrrole nitrogens is 1. The second-order valence-corrected chi connectivity index (χ2v) is 19.3. The van der Waals surface area contributed by atoms with Crippen LogP contribution in [0, 0.1) is 0 Å². The van der Waals surface area contributed by atoms with Crippen LogP contribution in [0.4, 0.5) is 5.82 Å². The highest BCUT2D eigenvalue weighted by Crippen LogP contribution is 2.48. The first-order valence-electron chi connectivity index (χ1n) is 12.1. The monoisotopic (exact) mass is 499 g/mol. The summed E-state index contributed by atoms with van der Waals surface area (Å²) in [6.07, 6.45) is -0.685. The summed E-state index contributed by atoms with van der Waals surface area (Å²) in [5.41, 5.74) is -0.0337. The number of nitrogens with zero attached hydrogens (tertiary/aromatic N) is 1. The van der Waals surface area contributed by atoms with Crippen molar-refractivity contribution in [3.63, 3.8) is 0 Å². The van der Waals surface area contributed by atoms with Gasteiger partial charge in [0.1, 0.15) is 18.1 Å². The Morgan fingerprint density at radius 3 is 2.06 bits per heavy atom. The van der Waals surface area contributed by atoms with Crippen molar-refractivity contribution in [3.05, 3.63) is 26.9 Å². The fourth-order valence-corrected chi connectivity index (χ4v) is 16.5. The lowest BCUT2D eigenvalue weighted by Gasteiger charge is -2.51. The molecule has 188 valence electrons. The number of rotatable bonds is 6. The van der Waals surface area contributed by atoms with Crippen molar-refractivity contribution in [3.8, 4) is 0 Å². The minimum atomic E-state index is -2.75. The highest BCUT2D eigenvalue weighted by molar-refractivity contribution is 6.83. The molecule has 0 spiro atoms. The van der Waals surface area contributed by atoms with E-state index in [2.05, 4.69) is 65.7 Å². The first kappa shape index (κ1) is 26.4.